The summed E-state index contributed by atoms with van der Waals surface area (Å²) in [5.41, 5.74) is 4.33. The summed E-state index contributed by atoms with van der Waals surface area (Å²) in [4.78, 5) is 4.12. The minimum Gasteiger partial charge on any atom is -0.309 e. The van der Waals surface area contributed by atoms with Gasteiger partial charge in [-0.05, 0) is 41.8 Å². The molecular formula is C15H15N3. The maximum absolute atomic E-state index is 8.71. The van der Waals surface area contributed by atoms with Crippen molar-refractivity contribution in [3.05, 3.63) is 65.0 Å². The summed E-state index contributed by atoms with van der Waals surface area (Å²) in [7, 11) is 0. The van der Waals surface area contributed by atoms with Gasteiger partial charge in [0, 0.05) is 25.5 Å². The molecule has 3 heteroatoms. The second kappa shape index (κ2) is 5.95. The Balaban J connectivity index is 1.89. The Morgan fingerprint density at radius 2 is 1.94 bits per heavy atom. The van der Waals surface area contributed by atoms with Crippen LogP contribution in [0.2, 0.25) is 0 Å². The van der Waals surface area contributed by atoms with Crippen LogP contribution in [-0.2, 0) is 13.1 Å². The van der Waals surface area contributed by atoms with Crippen molar-refractivity contribution in [3.8, 4) is 6.07 Å². The Morgan fingerprint density at radius 3 is 2.61 bits per heavy atom. The SMILES string of the molecule is Cc1ccncc1CNCc1ccc(C#N)cc1. The second-order valence-corrected chi connectivity index (χ2v) is 4.21. The molecule has 18 heavy (non-hydrogen) atoms. The van der Waals surface area contributed by atoms with Crippen molar-refractivity contribution in [1.82, 2.24) is 10.3 Å². The van der Waals surface area contributed by atoms with Gasteiger partial charge in [0.25, 0.3) is 0 Å². The van der Waals surface area contributed by atoms with Crippen LogP contribution >= 0.6 is 0 Å². The van der Waals surface area contributed by atoms with Crippen LogP contribution in [0.4, 0.5) is 0 Å². The molecule has 0 radical (unpaired) electrons. The average Bonchev–Trinajstić information content (AvgIpc) is 2.42. The number of hydrogen-bond acceptors (Lipinski definition) is 3. The highest BCUT2D eigenvalue weighted by molar-refractivity contribution is 5.31. The fourth-order valence-corrected chi connectivity index (χ4v) is 1.72. The molecule has 1 heterocycles. The largest absolute Gasteiger partial charge is 0.309 e. The topological polar surface area (TPSA) is 48.7 Å². The molecule has 2 aromatic rings. The standard InChI is InChI=1S/C15H15N3/c1-12-6-7-17-10-15(12)11-18-9-14-4-2-13(8-16)3-5-14/h2-7,10,18H,9,11H2,1H3. The molecule has 0 amide bonds. The molecule has 0 aliphatic carbocycles. The number of nitrogens with one attached hydrogen (secondary N) is 1. The molecule has 1 N–H and O–H groups in total. The summed E-state index contributed by atoms with van der Waals surface area (Å²) in [5.74, 6) is 0. The van der Waals surface area contributed by atoms with Gasteiger partial charge in [0.05, 0.1) is 11.6 Å². The van der Waals surface area contributed by atoms with E-state index in [4.69, 9.17) is 5.26 Å². The van der Waals surface area contributed by atoms with E-state index in [1.54, 1.807) is 6.20 Å². The molecule has 0 atom stereocenters. The fourth-order valence-electron chi connectivity index (χ4n) is 1.72. The number of aromatic nitrogens is 1. The molecule has 0 aliphatic rings. The zero-order chi connectivity index (χ0) is 12.8. The maximum Gasteiger partial charge on any atom is 0.0991 e. The molecule has 90 valence electrons. The Hall–Kier alpha value is -2.18. The van der Waals surface area contributed by atoms with Crippen molar-refractivity contribution in [2.45, 2.75) is 20.0 Å². The van der Waals surface area contributed by atoms with Crippen molar-refractivity contribution < 1.29 is 0 Å². The van der Waals surface area contributed by atoms with Gasteiger partial charge in [0.1, 0.15) is 0 Å². The third-order valence-electron chi connectivity index (χ3n) is 2.88. The number of pyridine rings is 1. The lowest BCUT2D eigenvalue weighted by atomic mass is 10.1. The van der Waals surface area contributed by atoms with Gasteiger partial charge in [-0.1, -0.05) is 12.1 Å². The van der Waals surface area contributed by atoms with Crippen molar-refractivity contribution in [2.75, 3.05) is 0 Å². The summed E-state index contributed by atoms with van der Waals surface area (Å²) in [6, 6.07) is 11.8. The molecule has 0 saturated heterocycles. The lowest BCUT2D eigenvalue weighted by molar-refractivity contribution is 0.688. The van der Waals surface area contributed by atoms with Crippen LogP contribution in [0.1, 0.15) is 22.3 Å². The third kappa shape index (κ3) is 3.16. The first-order valence-electron chi connectivity index (χ1n) is 5.89. The molecule has 0 saturated carbocycles. The fraction of sp³-hybridized carbons (Fsp3) is 0.200. The quantitative estimate of drug-likeness (QED) is 0.889. The molecule has 1 aromatic heterocycles. The van der Waals surface area contributed by atoms with E-state index in [-0.39, 0.29) is 0 Å². The first-order valence-corrected chi connectivity index (χ1v) is 5.89. The van der Waals surface area contributed by atoms with Crippen molar-refractivity contribution in [3.63, 3.8) is 0 Å². The third-order valence-corrected chi connectivity index (χ3v) is 2.88. The van der Waals surface area contributed by atoms with Crippen LogP contribution in [0.5, 0.6) is 0 Å². The average molecular weight is 237 g/mol. The minimum atomic E-state index is 0.696. The maximum atomic E-state index is 8.71. The number of nitriles is 1. The molecule has 0 unspecified atom stereocenters. The molecule has 0 fully saturated rings. The molecule has 0 aliphatic heterocycles. The van der Waals surface area contributed by atoms with E-state index in [1.807, 2.05) is 36.5 Å². The van der Waals surface area contributed by atoms with Crippen LogP contribution in [-0.4, -0.2) is 4.98 Å². The number of rotatable bonds is 4. The van der Waals surface area contributed by atoms with E-state index in [9.17, 15) is 0 Å². The minimum absolute atomic E-state index is 0.696. The molecule has 0 bridgehead atoms. The van der Waals surface area contributed by atoms with Gasteiger partial charge in [-0.15, -0.1) is 0 Å². The van der Waals surface area contributed by atoms with Gasteiger partial charge in [-0.3, -0.25) is 4.98 Å². The van der Waals surface area contributed by atoms with Crippen molar-refractivity contribution in [1.29, 1.82) is 5.26 Å². The van der Waals surface area contributed by atoms with Crippen LogP contribution in [0.25, 0.3) is 0 Å². The highest BCUT2D eigenvalue weighted by atomic mass is 14.8. The Bertz CT molecular complexity index is 553. The first kappa shape index (κ1) is 12.3. The zero-order valence-corrected chi connectivity index (χ0v) is 10.4. The monoisotopic (exact) mass is 237 g/mol. The van der Waals surface area contributed by atoms with Gasteiger partial charge in [-0.25, -0.2) is 0 Å². The van der Waals surface area contributed by atoms with Crippen LogP contribution in [0.15, 0.2) is 42.7 Å². The van der Waals surface area contributed by atoms with Crippen LogP contribution in [0, 0.1) is 18.3 Å². The highest BCUT2D eigenvalue weighted by Crippen LogP contribution is 2.06. The number of benzene rings is 1. The van der Waals surface area contributed by atoms with E-state index in [2.05, 4.69) is 23.3 Å². The number of hydrogen-bond donors (Lipinski definition) is 1. The van der Waals surface area contributed by atoms with Gasteiger partial charge >= 0.3 is 0 Å². The van der Waals surface area contributed by atoms with Crippen LogP contribution in [0.3, 0.4) is 0 Å². The Labute approximate surface area is 107 Å². The van der Waals surface area contributed by atoms with Crippen molar-refractivity contribution in [2.24, 2.45) is 0 Å². The first-order chi connectivity index (χ1) is 8.79. The van der Waals surface area contributed by atoms with E-state index < -0.39 is 0 Å². The lowest BCUT2D eigenvalue weighted by Gasteiger charge is -2.07. The smallest absolute Gasteiger partial charge is 0.0991 e. The Morgan fingerprint density at radius 1 is 1.17 bits per heavy atom. The number of aryl methyl sites for hydroxylation is 1. The lowest BCUT2D eigenvalue weighted by Crippen LogP contribution is -2.13. The molecule has 0 spiro atoms. The summed E-state index contributed by atoms with van der Waals surface area (Å²) >= 11 is 0. The summed E-state index contributed by atoms with van der Waals surface area (Å²) in [6.45, 7) is 3.68. The van der Waals surface area contributed by atoms with E-state index in [0.717, 1.165) is 13.1 Å². The molecule has 2 rings (SSSR count). The van der Waals surface area contributed by atoms with Gasteiger partial charge in [-0.2, -0.15) is 5.26 Å². The van der Waals surface area contributed by atoms with Crippen LogP contribution < -0.4 is 5.32 Å². The Kier molecular flexibility index (Phi) is 4.06. The van der Waals surface area contributed by atoms with Crippen molar-refractivity contribution >= 4 is 0 Å². The molecular weight excluding hydrogens is 222 g/mol. The highest BCUT2D eigenvalue weighted by Gasteiger charge is 1.98. The van der Waals surface area contributed by atoms with E-state index in [0.29, 0.717) is 5.56 Å². The predicted molar refractivity (Wildman–Crippen MR) is 70.7 cm³/mol. The normalized spacial score (nSPS) is 10.0. The zero-order valence-electron chi connectivity index (χ0n) is 10.4. The summed E-state index contributed by atoms with van der Waals surface area (Å²) < 4.78 is 0. The second-order valence-electron chi connectivity index (χ2n) is 4.21. The summed E-state index contributed by atoms with van der Waals surface area (Å²) in [5, 5.41) is 12.1. The van der Waals surface area contributed by atoms with E-state index in [1.165, 1.54) is 16.7 Å². The molecule has 3 nitrogen and oxygen atoms in total. The molecule has 1 aromatic carbocycles. The van der Waals surface area contributed by atoms with Gasteiger partial charge in [0.15, 0.2) is 0 Å². The van der Waals surface area contributed by atoms with E-state index >= 15 is 0 Å². The van der Waals surface area contributed by atoms with Gasteiger partial charge < -0.3 is 5.32 Å². The predicted octanol–water partition coefficient (Wildman–Crippen LogP) is 2.55. The summed E-state index contributed by atoms with van der Waals surface area (Å²) in [6.07, 6.45) is 3.70. The van der Waals surface area contributed by atoms with Gasteiger partial charge in [0.2, 0.25) is 0 Å². The number of nitrogens with zero attached hydrogens (tertiary/aromatic N) is 2.